The van der Waals surface area contributed by atoms with Crippen LogP contribution in [0.25, 0.3) is 0 Å². The highest BCUT2D eigenvalue weighted by atomic mass is 32.2. The van der Waals surface area contributed by atoms with E-state index in [0.717, 1.165) is 29.2 Å². The molecule has 0 aliphatic heterocycles. The van der Waals surface area contributed by atoms with Gasteiger partial charge in [-0.05, 0) is 50.1 Å². The molecule has 120 valence electrons. The van der Waals surface area contributed by atoms with Gasteiger partial charge in [-0.15, -0.1) is 0 Å². The minimum atomic E-state index is 0.158. The molecule has 2 unspecified atom stereocenters. The molecular weight excluding hydrogens is 284 g/mol. The number of likely N-dealkylation sites (N-methyl/N-ethyl adjacent to an activating group) is 1. The van der Waals surface area contributed by atoms with Crippen LogP contribution in [0.1, 0.15) is 24.9 Å². The van der Waals surface area contributed by atoms with Crippen molar-refractivity contribution in [2.24, 2.45) is 5.73 Å². The minimum absolute atomic E-state index is 0.158. The zero-order valence-electron chi connectivity index (χ0n) is 13.8. The second-order valence-corrected chi connectivity index (χ2v) is 6.18. The van der Waals surface area contributed by atoms with Crippen LogP contribution < -0.4 is 15.2 Å². The average Bonchev–Trinajstić information content (AvgIpc) is 2.52. The van der Waals surface area contributed by atoms with Crippen LogP contribution in [0.4, 0.5) is 0 Å². The summed E-state index contributed by atoms with van der Waals surface area (Å²) < 4.78 is 10.7. The fraction of sp³-hybridized carbons (Fsp3) is 0.625. The highest BCUT2D eigenvalue weighted by Gasteiger charge is 2.21. The molecule has 0 aliphatic rings. The van der Waals surface area contributed by atoms with E-state index >= 15 is 0 Å². The lowest BCUT2D eigenvalue weighted by atomic mass is 10.0. The standard InChI is InChI=1S/C16H28N2O2S/c1-12(6-7-21-5)18(2)16(11-17)13-8-14(19-3)10-15(9-13)20-4/h8-10,12,16H,6-7,11,17H2,1-5H3. The number of hydrogen-bond donors (Lipinski definition) is 1. The summed E-state index contributed by atoms with van der Waals surface area (Å²) in [7, 11) is 5.47. The summed E-state index contributed by atoms with van der Waals surface area (Å²) in [5, 5.41) is 0. The number of nitrogens with zero attached hydrogens (tertiary/aromatic N) is 1. The van der Waals surface area contributed by atoms with Crippen LogP contribution in [0.2, 0.25) is 0 Å². The van der Waals surface area contributed by atoms with Crippen molar-refractivity contribution in [3.8, 4) is 11.5 Å². The maximum absolute atomic E-state index is 6.03. The van der Waals surface area contributed by atoms with E-state index in [1.165, 1.54) is 0 Å². The third kappa shape index (κ3) is 5.09. The van der Waals surface area contributed by atoms with Crippen LogP contribution in [0, 0.1) is 0 Å². The highest BCUT2D eigenvalue weighted by Crippen LogP contribution is 2.29. The number of rotatable bonds is 9. The first-order valence-corrected chi connectivity index (χ1v) is 8.60. The third-order valence-corrected chi connectivity index (χ3v) is 4.55. The molecule has 0 radical (unpaired) electrons. The van der Waals surface area contributed by atoms with Gasteiger partial charge in [-0.25, -0.2) is 0 Å². The summed E-state index contributed by atoms with van der Waals surface area (Å²) >= 11 is 1.88. The summed E-state index contributed by atoms with van der Waals surface area (Å²) in [5.41, 5.74) is 7.16. The molecule has 0 saturated heterocycles. The van der Waals surface area contributed by atoms with Gasteiger partial charge in [0.1, 0.15) is 11.5 Å². The van der Waals surface area contributed by atoms with Gasteiger partial charge in [0.2, 0.25) is 0 Å². The van der Waals surface area contributed by atoms with Crippen molar-refractivity contribution in [3.05, 3.63) is 23.8 Å². The van der Waals surface area contributed by atoms with Gasteiger partial charge in [-0.2, -0.15) is 11.8 Å². The molecule has 5 heteroatoms. The van der Waals surface area contributed by atoms with E-state index in [1.54, 1.807) is 14.2 Å². The predicted octanol–water partition coefficient (Wildman–Crippen LogP) is 2.78. The molecule has 0 aromatic heterocycles. The van der Waals surface area contributed by atoms with Crippen LogP contribution in [-0.4, -0.2) is 50.8 Å². The lowest BCUT2D eigenvalue weighted by Gasteiger charge is -2.33. The van der Waals surface area contributed by atoms with Crippen LogP contribution >= 0.6 is 11.8 Å². The molecule has 0 bridgehead atoms. The smallest absolute Gasteiger partial charge is 0.122 e. The molecule has 0 heterocycles. The van der Waals surface area contributed by atoms with E-state index in [0.29, 0.717) is 12.6 Å². The molecule has 0 amide bonds. The topological polar surface area (TPSA) is 47.7 Å². The summed E-state index contributed by atoms with van der Waals surface area (Å²) in [5.74, 6) is 2.76. The number of benzene rings is 1. The molecule has 0 fully saturated rings. The maximum Gasteiger partial charge on any atom is 0.122 e. The fourth-order valence-electron chi connectivity index (χ4n) is 2.36. The lowest BCUT2D eigenvalue weighted by molar-refractivity contribution is 0.185. The largest absolute Gasteiger partial charge is 0.497 e. The molecular formula is C16H28N2O2S. The van der Waals surface area contributed by atoms with Crippen LogP contribution in [0.3, 0.4) is 0 Å². The maximum atomic E-state index is 6.03. The zero-order chi connectivity index (χ0) is 15.8. The Morgan fingerprint density at radius 3 is 2.19 bits per heavy atom. The van der Waals surface area contributed by atoms with E-state index < -0.39 is 0 Å². The van der Waals surface area contributed by atoms with Crippen molar-refractivity contribution in [1.29, 1.82) is 0 Å². The average molecular weight is 312 g/mol. The van der Waals surface area contributed by atoms with Gasteiger partial charge in [0.25, 0.3) is 0 Å². The normalized spacial score (nSPS) is 14.0. The van der Waals surface area contributed by atoms with Crippen LogP contribution in [-0.2, 0) is 0 Å². The van der Waals surface area contributed by atoms with Crippen LogP contribution in [0.15, 0.2) is 18.2 Å². The molecule has 1 aromatic carbocycles. The van der Waals surface area contributed by atoms with Gasteiger partial charge in [0.05, 0.1) is 14.2 Å². The first-order chi connectivity index (χ1) is 10.1. The third-order valence-electron chi connectivity index (χ3n) is 3.91. The molecule has 0 saturated carbocycles. The van der Waals surface area contributed by atoms with Crippen molar-refractivity contribution < 1.29 is 9.47 Å². The Hall–Kier alpha value is -0.910. The monoisotopic (exact) mass is 312 g/mol. The van der Waals surface area contributed by atoms with Crippen molar-refractivity contribution in [2.45, 2.75) is 25.4 Å². The van der Waals surface area contributed by atoms with E-state index in [4.69, 9.17) is 15.2 Å². The summed E-state index contributed by atoms with van der Waals surface area (Å²) in [6.07, 6.45) is 3.29. The Bertz CT molecular complexity index is 406. The molecule has 2 atom stereocenters. The molecule has 0 aliphatic carbocycles. The van der Waals surface area contributed by atoms with Gasteiger partial charge in [-0.3, -0.25) is 4.90 Å². The molecule has 2 N–H and O–H groups in total. The van der Waals surface area contributed by atoms with Gasteiger partial charge in [-0.1, -0.05) is 0 Å². The molecule has 1 aromatic rings. The Morgan fingerprint density at radius 1 is 1.19 bits per heavy atom. The van der Waals surface area contributed by atoms with Gasteiger partial charge in [0.15, 0.2) is 0 Å². The Kier molecular flexibility index (Phi) is 7.93. The summed E-state index contributed by atoms with van der Waals surface area (Å²) in [4.78, 5) is 2.34. The second-order valence-electron chi connectivity index (χ2n) is 5.19. The van der Waals surface area contributed by atoms with E-state index in [2.05, 4.69) is 25.1 Å². The van der Waals surface area contributed by atoms with Crippen molar-refractivity contribution >= 4 is 11.8 Å². The van der Waals surface area contributed by atoms with E-state index in [9.17, 15) is 0 Å². The lowest BCUT2D eigenvalue weighted by Crippen LogP contribution is -2.37. The molecule has 1 rings (SSSR count). The molecule has 21 heavy (non-hydrogen) atoms. The van der Waals surface area contributed by atoms with Gasteiger partial charge >= 0.3 is 0 Å². The van der Waals surface area contributed by atoms with Crippen molar-refractivity contribution in [3.63, 3.8) is 0 Å². The van der Waals surface area contributed by atoms with Crippen molar-refractivity contribution in [2.75, 3.05) is 39.8 Å². The Morgan fingerprint density at radius 2 is 1.76 bits per heavy atom. The van der Waals surface area contributed by atoms with E-state index in [1.807, 2.05) is 30.0 Å². The number of nitrogens with two attached hydrogens (primary N) is 1. The molecule has 4 nitrogen and oxygen atoms in total. The SMILES string of the molecule is COc1cc(OC)cc(C(CN)N(C)C(C)CCSC)c1. The van der Waals surface area contributed by atoms with Crippen LogP contribution in [0.5, 0.6) is 11.5 Å². The van der Waals surface area contributed by atoms with E-state index in [-0.39, 0.29) is 6.04 Å². The predicted molar refractivity (Wildman–Crippen MR) is 91.6 cm³/mol. The summed E-state index contributed by atoms with van der Waals surface area (Å²) in [6, 6.07) is 6.60. The summed E-state index contributed by atoms with van der Waals surface area (Å²) in [6.45, 7) is 2.81. The molecule has 0 spiro atoms. The van der Waals surface area contributed by atoms with Crippen molar-refractivity contribution in [1.82, 2.24) is 4.90 Å². The number of thioether (sulfide) groups is 1. The number of methoxy groups -OCH3 is 2. The first-order valence-electron chi connectivity index (χ1n) is 7.21. The fourth-order valence-corrected chi connectivity index (χ4v) is 2.94. The zero-order valence-corrected chi connectivity index (χ0v) is 14.6. The minimum Gasteiger partial charge on any atom is -0.497 e. The quantitative estimate of drug-likeness (QED) is 0.760. The second kappa shape index (κ2) is 9.18. The Balaban J connectivity index is 2.97. The first kappa shape index (κ1) is 18.1. The highest BCUT2D eigenvalue weighted by molar-refractivity contribution is 7.98. The Labute approximate surface area is 133 Å². The number of hydrogen-bond acceptors (Lipinski definition) is 5. The van der Waals surface area contributed by atoms with Gasteiger partial charge < -0.3 is 15.2 Å². The number of ether oxygens (including phenoxy) is 2. The van der Waals surface area contributed by atoms with Gasteiger partial charge in [0, 0.05) is 24.7 Å².